The van der Waals surface area contributed by atoms with Crippen molar-refractivity contribution in [3.63, 3.8) is 0 Å². The topological polar surface area (TPSA) is 32.7 Å². The van der Waals surface area contributed by atoms with Crippen LogP contribution in [0, 0.1) is 5.92 Å². The largest absolute Gasteiger partial charge is 0.348 e. The lowest BCUT2D eigenvalue weighted by atomic mass is 10.0. The van der Waals surface area contributed by atoms with E-state index in [1.54, 1.807) is 0 Å². The van der Waals surface area contributed by atoms with Gasteiger partial charge < -0.3 is 9.69 Å². The Morgan fingerprint density at radius 2 is 2.29 bits per heavy atom. The Hall–Kier alpha value is -1.16. The van der Waals surface area contributed by atoms with Gasteiger partial charge in [0.2, 0.25) is 0 Å². The first-order valence-electron chi connectivity index (χ1n) is 5.82. The number of rotatable bonds is 3. The van der Waals surface area contributed by atoms with Gasteiger partial charge >= 0.3 is 0 Å². The van der Waals surface area contributed by atoms with Crippen molar-refractivity contribution in [1.82, 2.24) is 4.90 Å². The lowest BCUT2D eigenvalue weighted by molar-refractivity contribution is -0.111. The second kappa shape index (κ2) is 4.26. The van der Waals surface area contributed by atoms with E-state index in [2.05, 4.69) is 25.8 Å². The van der Waals surface area contributed by atoms with E-state index < -0.39 is 0 Å². The van der Waals surface area contributed by atoms with Crippen molar-refractivity contribution in [3.8, 4) is 0 Å². The first kappa shape index (κ1) is 11.0. The lowest BCUT2D eigenvalue weighted by Crippen LogP contribution is -2.32. The van der Waals surface area contributed by atoms with Gasteiger partial charge in [0.15, 0.2) is 0 Å². The Labute approximate surface area is 109 Å². The maximum atomic E-state index is 11.3. The molecular formula is C13H13BrN2O. The number of aliphatic imine (C=N–C) groups is 1. The van der Waals surface area contributed by atoms with Crippen molar-refractivity contribution in [3.05, 3.63) is 28.2 Å². The van der Waals surface area contributed by atoms with Crippen LogP contribution in [0.1, 0.15) is 24.4 Å². The number of hydrogen-bond acceptors (Lipinski definition) is 3. The number of nitrogens with zero attached hydrogens (tertiary/aromatic N) is 2. The van der Waals surface area contributed by atoms with E-state index in [0.29, 0.717) is 0 Å². The summed E-state index contributed by atoms with van der Waals surface area (Å²) < 4.78 is 0.992. The quantitative estimate of drug-likeness (QED) is 0.802. The Morgan fingerprint density at radius 3 is 3.00 bits per heavy atom. The maximum Gasteiger partial charge on any atom is 0.147 e. The molecule has 17 heavy (non-hydrogen) atoms. The Kier molecular flexibility index (Phi) is 2.74. The minimum Gasteiger partial charge on any atom is -0.348 e. The van der Waals surface area contributed by atoms with Crippen LogP contribution < -0.4 is 0 Å². The smallest absolute Gasteiger partial charge is 0.147 e. The minimum absolute atomic E-state index is 0.180. The fraction of sp³-hybridized carbons (Fsp3) is 0.385. The second-order valence-electron chi connectivity index (χ2n) is 4.67. The number of benzene rings is 1. The standard InChI is InChI=1S/C13H13BrN2O/c14-10-3-4-12-11(5-10)13(7-17)16(8-15-12)6-9-1-2-9/h3-5,7-9,13H,1-2,6H2. The molecule has 1 aromatic rings. The minimum atomic E-state index is -0.180. The Balaban J connectivity index is 1.94. The van der Waals surface area contributed by atoms with Gasteiger partial charge in [-0.2, -0.15) is 0 Å². The van der Waals surface area contributed by atoms with Gasteiger partial charge in [-0.1, -0.05) is 15.9 Å². The van der Waals surface area contributed by atoms with Crippen LogP contribution in [-0.2, 0) is 4.79 Å². The summed E-state index contributed by atoms with van der Waals surface area (Å²) >= 11 is 3.44. The van der Waals surface area contributed by atoms with Gasteiger partial charge in [-0.25, -0.2) is 4.99 Å². The normalized spacial score (nSPS) is 22.4. The van der Waals surface area contributed by atoms with Gasteiger partial charge in [0.25, 0.3) is 0 Å². The first-order valence-corrected chi connectivity index (χ1v) is 6.62. The van der Waals surface area contributed by atoms with Crippen molar-refractivity contribution in [2.24, 2.45) is 10.9 Å². The Bertz CT molecular complexity index is 482. The summed E-state index contributed by atoms with van der Waals surface area (Å²) in [7, 11) is 0. The van der Waals surface area contributed by atoms with E-state index >= 15 is 0 Å². The molecule has 1 unspecified atom stereocenters. The third-order valence-corrected chi connectivity index (χ3v) is 3.80. The van der Waals surface area contributed by atoms with E-state index in [-0.39, 0.29) is 6.04 Å². The average Bonchev–Trinajstić information content (AvgIpc) is 3.12. The van der Waals surface area contributed by atoms with Crippen LogP contribution in [0.15, 0.2) is 27.7 Å². The van der Waals surface area contributed by atoms with Crippen LogP contribution in [-0.4, -0.2) is 24.1 Å². The van der Waals surface area contributed by atoms with Crippen LogP contribution in [0.3, 0.4) is 0 Å². The number of carbonyl (C=O) groups is 1. The third kappa shape index (κ3) is 2.14. The van der Waals surface area contributed by atoms with Gasteiger partial charge in [0.1, 0.15) is 12.3 Å². The predicted octanol–water partition coefficient (Wildman–Crippen LogP) is 3.07. The number of halogens is 1. The molecule has 1 saturated carbocycles. The van der Waals surface area contributed by atoms with Crippen molar-refractivity contribution >= 4 is 34.2 Å². The fourth-order valence-corrected chi connectivity index (χ4v) is 2.56. The molecule has 0 aromatic heterocycles. The molecule has 0 amide bonds. The van der Waals surface area contributed by atoms with Crippen LogP contribution in [0.4, 0.5) is 5.69 Å². The highest BCUT2D eigenvalue weighted by molar-refractivity contribution is 9.10. The molecule has 1 heterocycles. The van der Waals surface area contributed by atoms with Crippen LogP contribution in [0.25, 0.3) is 0 Å². The summed E-state index contributed by atoms with van der Waals surface area (Å²) in [5, 5.41) is 0. The molecule has 88 valence electrons. The zero-order valence-corrected chi connectivity index (χ0v) is 10.9. The monoisotopic (exact) mass is 292 g/mol. The molecule has 0 spiro atoms. The molecule has 1 atom stereocenters. The predicted molar refractivity (Wildman–Crippen MR) is 70.5 cm³/mol. The summed E-state index contributed by atoms with van der Waals surface area (Å²) in [6.45, 7) is 0.943. The molecule has 1 fully saturated rings. The van der Waals surface area contributed by atoms with Crippen LogP contribution in [0.5, 0.6) is 0 Å². The molecule has 0 N–H and O–H groups in total. The Morgan fingerprint density at radius 1 is 1.47 bits per heavy atom. The van der Waals surface area contributed by atoms with E-state index in [0.717, 1.165) is 34.5 Å². The second-order valence-corrected chi connectivity index (χ2v) is 5.58. The highest BCUT2D eigenvalue weighted by Gasteiger charge is 2.30. The van der Waals surface area contributed by atoms with E-state index in [1.165, 1.54) is 12.8 Å². The summed E-state index contributed by atoms with van der Waals surface area (Å²) in [6.07, 6.45) is 5.38. The highest BCUT2D eigenvalue weighted by Crippen LogP contribution is 2.37. The van der Waals surface area contributed by atoms with Gasteiger partial charge in [0, 0.05) is 16.6 Å². The summed E-state index contributed by atoms with van der Waals surface area (Å²) in [5.74, 6) is 0.748. The SMILES string of the molecule is O=CC1c2cc(Br)ccc2N=CN1CC1CC1. The van der Waals surface area contributed by atoms with Crippen LogP contribution >= 0.6 is 15.9 Å². The van der Waals surface area contributed by atoms with E-state index in [9.17, 15) is 4.79 Å². The van der Waals surface area contributed by atoms with Gasteiger partial charge in [-0.3, -0.25) is 0 Å². The molecule has 1 aliphatic heterocycles. The van der Waals surface area contributed by atoms with E-state index in [4.69, 9.17) is 0 Å². The zero-order valence-electron chi connectivity index (χ0n) is 9.34. The molecule has 2 aliphatic rings. The zero-order chi connectivity index (χ0) is 11.8. The van der Waals surface area contributed by atoms with Crippen LogP contribution in [0.2, 0.25) is 0 Å². The number of aldehydes is 1. The molecule has 0 saturated heterocycles. The van der Waals surface area contributed by atoms with Crippen molar-refractivity contribution in [2.45, 2.75) is 18.9 Å². The van der Waals surface area contributed by atoms with E-state index in [1.807, 2.05) is 24.5 Å². The molecule has 4 heteroatoms. The van der Waals surface area contributed by atoms with Gasteiger partial charge in [-0.05, 0) is 37.0 Å². The number of fused-ring (bicyclic) bond motifs is 1. The average molecular weight is 293 g/mol. The summed E-state index contributed by atoms with van der Waals surface area (Å²) in [5.41, 5.74) is 1.90. The summed E-state index contributed by atoms with van der Waals surface area (Å²) in [4.78, 5) is 17.8. The number of hydrogen-bond donors (Lipinski definition) is 0. The molecule has 0 radical (unpaired) electrons. The first-order chi connectivity index (χ1) is 8.28. The maximum absolute atomic E-state index is 11.3. The molecule has 1 aliphatic carbocycles. The van der Waals surface area contributed by atoms with Crippen molar-refractivity contribution in [2.75, 3.05) is 6.54 Å². The van der Waals surface area contributed by atoms with Crippen molar-refractivity contribution in [1.29, 1.82) is 0 Å². The van der Waals surface area contributed by atoms with Gasteiger partial charge in [0.05, 0.1) is 12.0 Å². The molecule has 0 bridgehead atoms. The highest BCUT2D eigenvalue weighted by atomic mass is 79.9. The lowest BCUT2D eigenvalue weighted by Gasteiger charge is -2.30. The molecule has 3 nitrogen and oxygen atoms in total. The number of carbonyl (C=O) groups excluding carboxylic acids is 1. The fourth-order valence-electron chi connectivity index (χ4n) is 2.18. The van der Waals surface area contributed by atoms with Crippen molar-refractivity contribution < 1.29 is 4.79 Å². The third-order valence-electron chi connectivity index (χ3n) is 3.31. The summed E-state index contributed by atoms with van der Waals surface area (Å²) in [6, 6.07) is 5.71. The van der Waals surface area contributed by atoms with Gasteiger partial charge in [-0.15, -0.1) is 0 Å². The molecule has 1 aromatic carbocycles. The molecular weight excluding hydrogens is 280 g/mol. The molecule has 3 rings (SSSR count).